The van der Waals surface area contributed by atoms with E-state index in [1.54, 1.807) is 0 Å². The standard InChI is InChI=1S/C11H21N2P/c1-9(2)11(14,10(3)4)7-13-6-5-12-8-13/h5-6,8-10H,7,14H2,1-4H3. The molecule has 0 aromatic carbocycles. The predicted octanol–water partition coefficient (Wildman–Crippen LogP) is 2.81. The summed E-state index contributed by atoms with van der Waals surface area (Å²) in [6.07, 6.45) is 5.76. The fraction of sp³-hybridized carbons (Fsp3) is 0.727. The Bertz CT molecular complexity index is 257. The van der Waals surface area contributed by atoms with Crippen LogP contribution in [0.4, 0.5) is 0 Å². The maximum atomic E-state index is 4.08. The predicted molar refractivity (Wildman–Crippen MR) is 64.3 cm³/mol. The molecule has 0 radical (unpaired) electrons. The van der Waals surface area contributed by atoms with Crippen LogP contribution in [0.25, 0.3) is 0 Å². The Hall–Kier alpha value is -0.360. The van der Waals surface area contributed by atoms with Crippen LogP contribution in [0.15, 0.2) is 18.7 Å². The summed E-state index contributed by atoms with van der Waals surface area (Å²) in [7, 11) is 3.04. The second-order valence-corrected chi connectivity index (χ2v) is 5.73. The van der Waals surface area contributed by atoms with Crippen LogP contribution in [0.2, 0.25) is 0 Å². The highest BCUT2D eigenvalue weighted by Gasteiger charge is 2.32. The summed E-state index contributed by atoms with van der Waals surface area (Å²) >= 11 is 0. The molecule has 1 heterocycles. The van der Waals surface area contributed by atoms with Gasteiger partial charge in [-0.25, -0.2) is 4.98 Å². The number of nitrogens with zero attached hydrogens (tertiary/aromatic N) is 2. The summed E-state index contributed by atoms with van der Waals surface area (Å²) in [6.45, 7) is 10.1. The molecule has 1 aromatic heterocycles. The molecule has 0 fully saturated rings. The van der Waals surface area contributed by atoms with Gasteiger partial charge < -0.3 is 4.57 Å². The minimum atomic E-state index is 0.265. The number of rotatable bonds is 4. The molecule has 1 atom stereocenters. The van der Waals surface area contributed by atoms with Gasteiger partial charge in [0.2, 0.25) is 0 Å². The molecular formula is C11H21N2P. The van der Waals surface area contributed by atoms with E-state index in [1.165, 1.54) is 0 Å². The van der Waals surface area contributed by atoms with Crippen LogP contribution in [0.5, 0.6) is 0 Å². The Balaban J connectivity index is 2.80. The molecule has 1 aromatic rings. The molecule has 0 N–H and O–H groups in total. The minimum absolute atomic E-state index is 0.265. The van der Waals surface area contributed by atoms with Crippen molar-refractivity contribution in [1.82, 2.24) is 9.55 Å². The molecule has 0 bridgehead atoms. The van der Waals surface area contributed by atoms with Gasteiger partial charge in [-0.15, -0.1) is 9.24 Å². The van der Waals surface area contributed by atoms with E-state index >= 15 is 0 Å². The minimum Gasteiger partial charge on any atom is -0.337 e. The molecular weight excluding hydrogens is 191 g/mol. The van der Waals surface area contributed by atoms with Crippen molar-refractivity contribution in [3.63, 3.8) is 0 Å². The molecule has 1 unspecified atom stereocenters. The molecule has 0 amide bonds. The Morgan fingerprint density at radius 2 is 1.86 bits per heavy atom. The Morgan fingerprint density at radius 1 is 1.29 bits per heavy atom. The summed E-state index contributed by atoms with van der Waals surface area (Å²) in [5.74, 6) is 1.30. The van der Waals surface area contributed by atoms with Gasteiger partial charge in [0, 0.05) is 24.1 Å². The van der Waals surface area contributed by atoms with Crippen molar-refractivity contribution in [3.05, 3.63) is 18.7 Å². The fourth-order valence-electron chi connectivity index (χ4n) is 1.73. The van der Waals surface area contributed by atoms with Crippen molar-refractivity contribution < 1.29 is 0 Å². The van der Waals surface area contributed by atoms with E-state index in [4.69, 9.17) is 0 Å². The first-order valence-corrected chi connectivity index (χ1v) is 5.79. The van der Waals surface area contributed by atoms with Crippen LogP contribution in [-0.2, 0) is 6.54 Å². The van der Waals surface area contributed by atoms with E-state index in [-0.39, 0.29) is 5.16 Å². The zero-order valence-electron chi connectivity index (χ0n) is 9.57. The molecule has 1 rings (SSSR count). The zero-order valence-corrected chi connectivity index (χ0v) is 10.7. The molecule has 14 heavy (non-hydrogen) atoms. The zero-order chi connectivity index (χ0) is 10.8. The number of hydrogen-bond donors (Lipinski definition) is 0. The van der Waals surface area contributed by atoms with Gasteiger partial charge >= 0.3 is 0 Å². The van der Waals surface area contributed by atoms with Gasteiger partial charge in [-0.2, -0.15) is 0 Å². The lowest BCUT2D eigenvalue weighted by Gasteiger charge is -2.37. The van der Waals surface area contributed by atoms with Crippen LogP contribution in [0.3, 0.4) is 0 Å². The maximum Gasteiger partial charge on any atom is 0.0946 e. The van der Waals surface area contributed by atoms with E-state index in [2.05, 4.69) is 46.5 Å². The first-order chi connectivity index (χ1) is 6.47. The summed E-state index contributed by atoms with van der Waals surface area (Å²) in [6, 6.07) is 0. The number of imidazole rings is 1. The van der Waals surface area contributed by atoms with Gasteiger partial charge in [0.25, 0.3) is 0 Å². The molecule has 80 valence electrons. The Labute approximate surface area is 89.3 Å². The van der Waals surface area contributed by atoms with Crippen molar-refractivity contribution in [2.45, 2.75) is 39.4 Å². The van der Waals surface area contributed by atoms with E-state index in [0.29, 0.717) is 11.8 Å². The SMILES string of the molecule is CC(C)C(P)(Cn1ccnc1)C(C)C. The lowest BCUT2D eigenvalue weighted by atomic mass is 9.84. The highest BCUT2D eigenvalue weighted by Crippen LogP contribution is 2.37. The van der Waals surface area contributed by atoms with Crippen LogP contribution in [0, 0.1) is 11.8 Å². The highest BCUT2D eigenvalue weighted by atomic mass is 31.0. The lowest BCUT2D eigenvalue weighted by Crippen LogP contribution is -2.38. The van der Waals surface area contributed by atoms with Crippen molar-refractivity contribution in [1.29, 1.82) is 0 Å². The van der Waals surface area contributed by atoms with Gasteiger partial charge in [0.05, 0.1) is 6.33 Å². The van der Waals surface area contributed by atoms with E-state index in [9.17, 15) is 0 Å². The second-order valence-electron chi connectivity index (χ2n) is 4.66. The van der Waals surface area contributed by atoms with Gasteiger partial charge in [-0.3, -0.25) is 0 Å². The molecule has 0 spiro atoms. The summed E-state index contributed by atoms with van der Waals surface area (Å²) in [4.78, 5) is 4.08. The largest absolute Gasteiger partial charge is 0.337 e. The van der Waals surface area contributed by atoms with Gasteiger partial charge in [-0.1, -0.05) is 27.7 Å². The lowest BCUT2D eigenvalue weighted by molar-refractivity contribution is 0.295. The van der Waals surface area contributed by atoms with Crippen LogP contribution in [0.1, 0.15) is 27.7 Å². The second kappa shape index (κ2) is 4.44. The topological polar surface area (TPSA) is 17.8 Å². The normalized spacial score (nSPS) is 12.8. The van der Waals surface area contributed by atoms with E-state index < -0.39 is 0 Å². The number of hydrogen-bond acceptors (Lipinski definition) is 1. The van der Waals surface area contributed by atoms with E-state index in [1.807, 2.05) is 18.7 Å². The first-order valence-electron chi connectivity index (χ1n) is 5.21. The third kappa shape index (κ3) is 2.36. The van der Waals surface area contributed by atoms with Crippen LogP contribution in [-0.4, -0.2) is 14.7 Å². The third-order valence-electron chi connectivity index (χ3n) is 3.17. The molecule has 0 saturated carbocycles. The van der Waals surface area contributed by atoms with Gasteiger partial charge in [-0.05, 0) is 11.8 Å². The smallest absolute Gasteiger partial charge is 0.0946 e. The summed E-state index contributed by atoms with van der Waals surface area (Å²) < 4.78 is 2.16. The van der Waals surface area contributed by atoms with Crippen molar-refractivity contribution in [2.75, 3.05) is 0 Å². The van der Waals surface area contributed by atoms with Crippen molar-refractivity contribution in [3.8, 4) is 0 Å². The summed E-state index contributed by atoms with van der Waals surface area (Å²) in [5, 5.41) is 0.265. The van der Waals surface area contributed by atoms with Crippen molar-refractivity contribution in [2.24, 2.45) is 11.8 Å². The van der Waals surface area contributed by atoms with Gasteiger partial charge in [0.15, 0.2) is 0 Å². The molecule has 0 aliphatic carbocycles. The molecule has 3 heteroatoms. The molecule has 0 aliphatic heterocycles. The average Bonchev–Trinajstić information content (AvgIpc) is 2.55. The first kappa shape index (κ1) is 11.7. The van der Waals surface area contributed by atoms with Crippen LogP contribution >= 0.6 is 9.24 Å². The molecule has 0 saturated heterocycles. The average molecular weight is 212 g/mol. The van der Waals surface area contributed by atoms with E-state index in [0.717, 1.165) is 6.54 Å². The van der Waals surface area contributed by atoms with Crippen LogP contribution < -0.4 is 0 Å². The third-order valence-corrected chi connectivity index (χ3v) is 4.68. The quantitative estimate of drug-likeness (QED) is 0.702. The van der Waals surface area contributed by atoms with Gasteiger partial charge in [0.1, 0.15) is 0 Å². The Kier molecular flexibility index (Phi) is 3.71. The molecule has 0 aliphatic rings. The summed E-state index contributed by atoms with van der Waals surface area (Å²) in [5.41, 5.74) is 0. The molecule has 2 nitrogen and oxygen atoms in total. The monoisotopic (exact) mass is 212 g/mol. The highest BCUT2D eigenvalue weighted by molar-refractivity contribution is 7.19. The number of aromatic nitrogens is 2. The van der Waals surface area contributed by atoms with Crippen molar-refractivity contribution >= 4 is 9.24 Å². The fourth-order valence-corrected chi connectivity index (χ4v) is 1.94. The maximum absolute atomic E-state index is 4.08. The Morgan fingerprint density at radius 3 is 2.21 bits per heavy atom.